The average molecular weight is 890 g/mol. The van der Waals surface area contributed by atoms with E-state index in [0.717, 1.165) is 51.4 Å². The van der Waals surface area contributed by atoms with Crippen LogP contribution in [-0.4, -0.2) is 87.5 Å². The van der Waals surface area contributed by atoms with Crippen LogP contribution >= 0.6 is 0 Å². The molecule has 0 aromatic carbocycles. The van der Waals surface area contributed by atoms with E-state index in [1.54, 1.807) is 6.08 Å². The van der Waals surface area contributed by atoms with Crippen LogP contribution < -0.4 is 5.32 Å². The van der Waals surface area contributed by atoms with E-state index in [1.165, 1.54) is 161 Å². The third-order valence-electron chi connectivity index (χ3n) is 12.4. The molecule has 7 atom stereocenters. The molecular formula is C54H99NO8. The Morgan fingerprint density at radius 2 is 0.952 bits per heavy atom. The molecule has 7 unspecified atom stereocenters. The van der Waals surface area contributed by atoms with Crippen molar-refractivity contribution in [2.24, 2.45) is 0 Å². The van der Waals surface area contributed by atoms with Gasteiger partial charge in [0.1, 0.15) is 24.4 Å². The van der Waals surface area contributed by atoms with Gasteiger partial charge in [-0.15, -0.1) is 0 Å². The van der Waals surface area contributed by atoms with Crippen LogP contribution in [0.25, 0.3) is 0 Å². The van der Waals surface area contributed by atoms with Crippen molar-refractivity contribution in [1.29, 1.82) is 0 Å². The Morgan fingerprint density at radius 1 is 0.540 bits per heavy atom. The Bertz CT molecular complexity index is 1130. The number of nitrogens with one attached hydrogen (secondary N) is 1. The minimum absolute atomic E-state index is 0.193. The molecule has 368 valence electrons. The maximum Gasteiger partial charge on any atom is 0.220 e. The summed E-state index contributed by atoms with van der Waals surface area (Å²) in [5, 5.41) is 54.1. The van der Waals surface area contributed by atoms with Gasteiger partial charge < -0.3 is 40.3 Å². The zero-order valence-corrected chi connectivity index (χ0v) is 40.6. The Labute approximate surface area is 386 Å². The summed E-state index contributed by atoms with van der Waals surface area (Å²) in [7, 11) is 0. The summed E-state index contributed by atoms with van der Waals surface area (Å²) in [6.45, 7) is 3.63. The normalized spacial score (nSPS) is 20.5. The fourth-order valence-electron chi connectivity index (χ4n) is 8.19. The number of allylic oxidation sites excluding steroid dienone is 7. The smallest absolute Gasteiger partial charge is 0.220 e. The number of carbonyl (C=O) groups is 1. The lowest BCUT2D eigenvalue weighted by molar-refractivity contribution is -0.302. The molecule has 0 saturated carbocycles. The molecule has 0 aliphatic carbocycles. The number of rotatable bonds is 44. The first-order valence-electron chi connectivity index (χ1n) is 26.4. The van der Waals surface area contributed by atoms with Gasteiger partial charge in [-0.1, -0.05) is 210 Å². The van der Waals surface area contributed by atoms with E-state index >= 15 is 0 Å². The summed E-state index contributed by atoms with van der Waals surface area (Å²) in [5.41, 5.74) is 0. The van der Waals surface area contributed by atoms with Crippen LogP contribution in [0, 0.1) is 0 Å². The van der Waals surface area contributed by atoms with Gasteiger partial charge in [0.05, 0.1) is 25.4 Å². The van der Waals surface area contributed by atoms with Gasteiger partial charge in [0.15, 0.2) is 6.29 Å². The molecule has 9 nitrogen and oxygen atoms in total. The Morgan fingerprint density at radius 3 is 1.41 bits per heavy atom. The molecule has 9 heteroatoms. The van der Waals surface area contributed by atoms with Crippen molar-refractivity contribution in [3.8, 4) is 0 Å². The fourth-order valence-corrected chi connectivity index (χ4v) is 8.19. The van der Waals surface area contributed by atoms with Crippen molar-refractivity contribution in [2.45, 2.75) is 275 Å². The zero-order chi connectivity index (χ0) is 45.9. The molecule has 63 heavy (non-hydrogen) atoms. The topological polar surface area (TPSA) is 149 Å². The van der Waals surface area contributed by atoms with Gasteiger partial charge in [-0.3, -0.25) is 4.79 Å². The summed E-state index contributed by atoms with van der Waals surface area (Å²) in [4.78, 5) is 13.0. The van der Waals surface area contributed by atoms with Gasteiger partial charge in [-0.05, 0) is 64.2 Å². The quantitative estimate of drug-likeness (QED) is 0.0262. The van der Waals surface area contributed by atoms with Gasteiger partial charge in [0.2, 0.25) is 5.91 Å². The van der Waals surface area contributed by atoms with Crippen LogP contribution in [0.3, 0.4) is 0 Å². The zero-order valence-electron chi connectivity index (χ0n) is 40.6. The molecule has 0 spiro atoms. The molecule has 0 aromatic rings. The summed E-state index contributed by atoms with van der Waals surface area (Å²) >= 11 is 0. The van der Waals surface area contributed by atoms with E-state index in [0.29, 0.717) is 6.42 Å². The second-order valence-electron chi connectivity index (χ2n) is 18.3. The number of aliphatic hydroxyl groups excluding tert-OH is 5. The van der Waals surface area contributed by atoms with E-state index < -0.39 is 49.5 Å². The predicted octanol–water partition coefficient (Wildman–Crippen LogP) is 12.2. The van der Waals surface area contributed by atoms with Crippen molar-refractivity contribution < 1.29 is 39.8 Å². The molecule has 1 aliphatic rings. The molecule has 0 bridgehead atoms. The van der Waals surface area contributed by atoms with Gasteiger partial charge in [0.25, 0.3) is 0 Å². The predicted molar refractivity (Wildman–Crippen MR) is 263 cm³/mol. The Hall–Kier alpha value is -1.85. The second kappa shape index (κ2) is 44.0. The van der Waals surface area contributed by atoms with Gasteiger partial charge in [-0.25, -0.2) is 0 Å². The van der Waals surface area contributed by atoms with Crippen molar-refractivity contribution in [2.75, 3.05) is 13.2 Å². The monoisotopic (exact) mass is 890 g/mol. The highest BCUT2D eigenvalue weighted by Crippen LogP contribution is 2.23. The van der Waals surface area contributed by atoms with Crippen LogP contribution in [0.5, 0.6) is 0 Å². The maximum absolute atomic E-state index is 13.0. The summed E-state index contributed by atoms with van der Waals surface area (Å²) in [5.74, 6) is -0.193. The molecule has 0 aromatic heterocycles. The van der Waals surface area contributed by atoms with Gasteiger partial charge >= 0.3 is 0 Å². The van der Waals surface area contributed by atoms with Crippen molar-refractivity contribution in [1.82, 2.24) is 5.32 Å². The standard InChI is InChI=1S/C54H99NO8/c1-3-5-7-9-11-13-15-16-17-18-19-20-21-22-23-24-25-26-27-28-29-30-31-32-33-34-36-38-40-42-44-50(58)55-47(46-62-54-53(61)52(60)51(59)49(45-56)63-54)48(57)43-41-39-37-35-14-12-10-8-6-4-2/h6,8,14,22-23,35,41,43,47-49,51-54,56-57,59-61H,3-5,7,9-13,15-21,24-34,36-40,42,44-46H2,1-2H3,(H,55,58)/b8-6+,23-22-,35-14+,43-41+. The van der Waals surface area contributed by atoms with Crippen LogP contribution in [-0.2, 0) is 14.3 Å². The Kier molecular flexibility index (Phi) is 41.3. The van der Waals surface area contributed by atoms with Crippen LogP contribution in [0.4, 0.5) is 0 Å². The highest BCUT2D eigenvalue weighted by atomic mass is 16.7. The average Bonchev–Trinajstić information content (AvgIpc) is 3.28. The molecule has 1 saturated heterocycles. The van der Waals surface area contributed by atoms with Crippen LogP contribution in [0.2, 0.25) is 0 Å². The summed E-state index contributed by atoms with van der Waals surface area (Å²) in [6, 6.07) is -0.826. The number of ether oxygens (including phenoxy) is 2. The largest absolute Gasteiger partial charge is 0.394 e. The fraction of sp³-hybridized carbons (Fsp3) is 0.833. The lowest BCUT2D eigenvalue weighted by atomic mass is 9.99. The lowest BCUT2D eigenvalue weighted by Gasteiger charge is -2.40. The van der Waals surface area contributed by atoms with Crippen molar-refractivity contribution in [3.63, 3.8) is 0 Å². The molecule has 1 aliphatic heterocycles. The number of amides is 1. The second-order valence-corrected chi connectivity index (χ2v) is 18.3. The molecule has 1 heterocycles. The van der Waals surface area contributed by atoms with E-state index in [4.69, 9.17) is 9.47 Å². The third-order valence-corrected chi connectivity index (χ3v) is 12.4. The first kappa shape index (κ1) is 59.2. The van der Waals surface area contributed by atoms with E-state index in [1.807, 2.05) is 6.08 Å². The molecule has 1 fully saturated rings. The Balaban J connectivity index is 2.13. The van der Waals surface area contributed by atoms with Gasteiger partial charge in [0, 0.05) is 6.42 Å². The summed E-state index contributed by atoms with van der Waals surface area (Å²) < 4.78 is 11.2. The highest BCUT2D eigenvalue weighted by molar-refractivity contribution is 5.76. The first-order chi connectivity index (χ1) is 30.8. The van der Waals surface area contributed by atoms with E-state index in [9.17, 15) is 30.3 Å². The van der Waals surface area contributed by atoms with Crippen molar-refractivity contribution in [3.05, 3.63) is 48.6 Å². The minimum Gasteiger partial charge on any atom is -0.394 e. The molecule has 1 amide bonds. The number of carbonyl (C=O) groups excluding carboxylic acids is 1. The van der Waals surface area contributed by atoms with Crippen LogP contribution in [0.15, 0.2) is 48.6 Å². The van der Waals surface area contributed by atoms with Crippen LogP contribution in [0.1, 0.15) is 232 Å². The van der Waals surface area contributed by atoms with E-state index in [-0.39, 0.29) is 12.5 Å². The summed E-state index contributed by atoms with van der Waals surface area (Å²) in [6.07, 6.45) is 50.6. The number of aliphatic hydroxyl groups is 5. The number of unbranched alkanes of at least 4 members (excludes halogenated alkanes) is 28. The SMILES string of the molecule is CC/C=C/CC/C=C/CC/C=C/C(O)C(COC1OC(CO)C(O)C(O)C1O)NC(=O)CCCCCCCCCCCCCCCC/C=C\CCCCCCCCCCCCCC. The maximum atomic E-state index is 13.0. The van der Waals surface area contributed by atoms with Gasteiger partial charge in [-0.2, -0.15) is 0 Å². The van der Waals surface area contributed by atoms with E-state index in [2.05, 4.69) is 55.6 Å². The first-order valence-corrected chi connectivity index (χ1v) is 26.4. The molecule has 1 rings (SSSR count). The molecule has 6 N–H and O–H groups in total. The highest BCUT2D eigenvalue weighted by Gasteiger charge is 2.44. The minimum atomic E-state index is -1.57. The lowest BCUT2D eigenvalue weighted by Crippen LogP contribution is -2.60. The van der Waals surface area contributed by atoms with Crippen molar-refractivity contribution >= 4 is 5.91 Å². The molecule has 0 radical (unpaired) electrons. The molecular weight excluding hydrogens is 791 g/mol. The number of hydrogen-bond donors (Lipinski definition) is 6. The third kappa shape index (κ3) is 34.2. The number of hydrogen-bond acceptors (Lipinski definition) is 8.